The third-order valence-corrected chi connectivity index (χ3v) is 5.81. The fourth-order valence-corrected chi connectivity index (χ4v) is 3.94. The van der Waals surface area contributed by atoms with Crippen LogP contribution >= 0.6 is 11.6 Å². The highest BCUT2D eigenvalue weighted by Crippen LogP contribution is 2.35. The van der Waals surface area contributed by atoms with Gasteiger partial charge in [-0.2, -0.15) is 10.1 Å². The molecule has 0 saturated heterocycles. The lowest BCUT2D eigenvalue weighted by atomic mass is 10.1. The van der Waals surface area contributed by atoms with Gasteiger partial charge in [-0.3, -0.25) is 4.68 Å². The van der Waals surface area contributed by atoms with Gasteiger partial charge in [0.25, 0.3) is 0 Å². The first-order valence-electron chi connectivity index (χ1n) is 11.5. The molecule has 0 unspecified atom stereocenters. The minimum atomic E-state index is -0.496. The van der Waals surface area contributed by atoms with Gasteiger partial charge in [-0.15, -0.1) is 0 Å². The van der Waals surface area contributed by atoms with Crippen molar-refractivity contribution < 1.29 is 13.5 Å². The summed E-state index contributed by atoms with van der Waals surface area (Å²) in [5.74, 6) is 0.178. The Kier molecular flexibility index (Phi) is 7.05. The summed E-state index contributed by atoms with van der Waals surface area (Å²) in [6, 6.07) is 15.5. The van der Waals surface area contributed by atoms with E-state index >= 15 is 0 Å². The van der Waals surface area contributed by atoms with Gasteiger partial charge in [0, 0.05) is 30.7 Å². The largest absolute Gasteiger partial charge is 0.487 e. The molecule has 8 nitrogen and oxygen atoms in total. The predicted molar refractivity (Wildman–Crippen MR) is 144 cm³/mol. The number of aryl methyl sites for hydroxylation is 1. The summed E-state index contributed by atoms with van der Waals surface area (Å²) in [5, 5.41) is 10.5. The second-order valence-corrected chi connectivity index (χ2v) is 8.82. The maximum atomic E-state index is 14.6. The number of anilines is 5. The first-order chi connectivity index (χ1) is 18.3. The number of benzene rings is 3. The molecule has 0 fully saturated rings. The second-order valence-electron chi connectivity index (χ2n) is 8.41. The lowest BCUT2D eigenvalue weighted by molar-refractivity contribution is 0.306. The number of nitrogens with one attached hydrogen (secondary N) is 2. The molecule has 2 heterocycles. The minimum absolute atomic E-state index is 0.149. The van der Waals surface area contributed by atoms with Gasteiger partial charge in [0.15, 0.2) is 0 Å². The maximum Gasteiger partial charge on any atom is 0.229 e. The molecule has 5 aromatic rings. The van der Waals surface area contributed by atoms with Gasteiger partial charge >= 0.3 is 0 Å². The zero-order valence-electron chi connectivity index (χ0n) is 20.1. The lowest BCUT2D eigenvalue weighted by Crippen LogP contribution is -2.04. The van der Waals surface area contributed by atoms with Gasteiger partial charge in [0.1, 0.15) is 29.8 Å². The molecule has 3 aromatic carbocycles. The van der Waals surface area contributed by atoms with Crippen molar-refractivity contribution in [3.8, 4) is 16.9 Å². The number of hydrogen-bond donors (Lipinski definition) is 3. The van der Waals surface area contributed by atoms with Gasteiger partial charge in [0.05, 0.1) is 22.6 Å². The molecule has 0 spiro atoms. The number of aromatic nitrogens is 4. The van der Waals surface area contributed by atoms with Gasteiger partial charge in [-0.05, 0) is 53.6 Å². The molecule has 192 valence electrons. The van der Waals surface area contributed by atoms with E-state index in [1.807, 2.05) is 0 Å². The topological polar surface area (TPSA) is 103 Å². The van der Waals surface area contributed by atoms with Crippen LogP contribution in [-0.4, -0.2) is 19.7 Å². The van der Waals surface area contributed by atoms with Crippen LogP contribution in [-0.2, 0) is 13.7 Å². The van der Waals surface area contributed by atoms with E-state index in [9.17, 15) is 8.78 Å². The Labute approximate surface area is 222 Å². The normalized spacial score (nSPS) is 10.8. The summed E-state index contributed by atoms with van der Waals surface area (Å²) in [5.41, 5.74) is 8.98. The molecule has 0 radical (unpaired) electrons. The fourth-order valence-electron chi connectivity index (χ4n) is 3.70. The number of halogens is 3. The summed E-state index contributed by atoms with van der Waals surface area (Å²) in [6.45, 7) is 0.149. The van der Waals surface area contributed by atoms with Gasteiger partial charge in [-0.25, -0.2) is 13.8 Å². The molecule has 0 aliphatic rings. The standard InChI is InChI=1S/C27H22ClF2N7O/c1-37-14-20(12-33-37)34-27-32-13-21(26(36-27)35-24-11-19(31)6-7-23(24)30)17-5-8-25(22(28)10-17)38-15-16-3-2-4-18(29)9-16/h2-14H,15,31H2,1H3,(H2,32,34,35,36). The highest BCUT2D eigenvalue weighted by atomic mass is 35.5. The fraction of sp³-hybridized carbons (Fsp3) is 0.0741. The van der Waals surface area contributed by atoms with Crippen molar-refractivity contribution in [2.24, 2.45) is 7.05 Å². The van der Waals surface area contributed by atoms with Crippen LogP contribution < -0.4 is 21.1 Å². The molecule has 4 N–H and O–H groups in total. The number of nitrogens with two attached hydrogens (primary N) is 1. The van der Waals surface area contributed by atoms with Crippen LogP contribution in [0.3, 0.4) is 0 Å². The molecule has 11 heteroatoms. The first kappa shape index (κ1) is 25.0. The molecule has 0 amide bonds. The highest BCUT2D eigenvalue weighted by molar-refractivity contribution is 6.32. The Morgan fingerprint density at radius 1 is 1.03 bits per heavy atom. The van der Waals surface area contributed by atoms with E-state index < -0.39 is 5.82 Å². The van der Waals surface area contributed by atoms with E-state index in [0.717, 1.165) is 0 Å². The van der Waals surface area contributed by atoms with Crippen molar-refractivity contribution in [1.82, 2.24) is 19.7 Å². The van der Waals surface area contributed by atoms with Gasteiger partial charge in [0.2, 0.25) is 5.95 Å². The van der Waals surface area contributed by atoms with Crippen molar-refractivity contribution in [1.29, 1.82) is 0 Å². The van der Waals surface area contributed by atoms with Crippen molar-refractivity contribution in [3.63, 3.8) is 0 Å². The Morgan fingerprint density at radius 3 is 2.66 bits per heavy atom. The zero-order valence-corrected chi connectivity index (χ0v) is 20.9. The molecule has 0 saturated carbocycles. The minimum Gasteiger partial charge on any atom is -0.487 e. The lowest BCUT2D eigenvalue weighted by Gasteiger charge is -2.15. The molecule has 0 bridgehead atoms. The Morgan fingerprint density at radius 2 is 1.89 bits per heavy atom. The molecule has 0 aliphatic carbocycles. The highest BCUT2D eigenvalue weighted by Gasteiger charge is 2.15. The molecule has 2 aromatic heterocycles. The Bertz CT molecular complexity index is 1610. The number of nitrogen functional groups attached to an aromatic ring is 1. The van der Waals surface area contributed by atoms with Gasteiger partial charge < -0.3 is 21.1 Å². The summed E-state index contributed by atoms with van der Waals surface area (Å²) < 4.78 is 35.4. The van der Waals surface area contributed by atoms with E-state index in [1.54, 1.807) is 60.7 Å². The number of hydrogen-bond acceptors (Lipinski definition) is 7. The van der Waals surface area contributed by atoms with Crippen LogP contribution in [0, 0.1) is 11.6 Å². The van der Waals surface area contributed by atoms with Gasteiger partial charge in [-0.1, -0.05) is 29.8 Å². The van der Waals surface area contributed by atoms with E-state index in [1.165, 1.54) is 30.3 Å². The van der Waals surface area contributed by atoms with E-state index in [4.69, 9.17) is 22.1 Å². The number of rotatable bonds is 8. The van der Waals surface area contributed by atoms with Crippen molar-refractivity contribution in [2.75, 3.05) is 16.4 Å². The van der Waals surface area contributed by atoms with E-state index in [2.05, 4.69) is 25.7 Å². The monoisotopic (exact) mass is 533 g/mol. The van der Waals surface area contributed by atoms with Crippen molar-refractivity contribution >= 4 is 40.4 Å². The van der Waals surface area contributed by atoms with Crippen LogP contribution in [0.2, 0.25) is 5.02 Å². The molecule has 5 rings (SSSR count). The summed E-state index contributed by atoms with van der Waals surface area (Å²) in [6.07, 6.45) is 4.99. The zero-order chi connectivity index (χ0) is 26.6. The van der Waals surface area contributed by atoms with Crippen LogP contribution in [0.4, 0.5) is 37.6 Å². The molecular weight excluding hydrogens is 512 g/mol. The van der Waals surface area contributed by atoms with Crippen molar-refractivity contribution in [3.05, 3.63) is 101 Å². The average molecular weight is 534 g/mol. The maximum absolute atomic E-state index is 14.6. The SMILES string of the molecule is Cn1cc(Nc2ncc(-c3ccc(OCc4cccc(F)c4)c(Cl)c3)c(Nc3cc(N)ccc3F)n2)cn1. The van der Waals surface area contributed by atoms with E-state index in [0.29, 0.717) is 44.7 Å². The number of ether oxygens (including phenoxy) is 1. The molecule has 38 heavy (non-hydrogen) atoms. The third-order valence-electron chi connectivity index (χ3n) is 5.52. The van der Waals surface area contributed by atoms with Crippen LogP contribution in [0.25, 0.3) is 11.1 Å². The molecular formula is C27H22ClF2N7O. The smallest absolute Gasteiger partial charge is 0.229 e. The van der Waals surface area contributed by atoms with Crippen molar-refractivity contribution in [2.45, 2.75) is 6.61 Å². The predicted octanol–water partition coefficient (Wildman–Crippen LogP) is 6.46. The summed E-state index contributed by atoms with van der Waals surface area (Å²) in [7, 11) is 1.79. The van der Waals surface area contributed by atoms with E-state index in [-0.39, 0.29) is 24.1 Å². The molecule has 0 aliphatic heterocycles. The second kappa shape index (κ2) is 10.7. The van der Waals surface area contributed by atoms with Crippen LogP contribution in [0.15, 0.2) is 79.3 Å². The first-order valence-corrected chi connectivity index (χ1v) is 11.8. The quantitative estimate of drug-likeness (QED) is 0.197. The Hall–Kier alpha value is -4.70. The summed E-state index contributed by atoms with van der Waals surface area (Å²) in [4.78, 5) is 8.98. The average Bonchev–Trinajstić information content (AvgIpc) is 3.30. The Balaban J connectivity index is 1.46. The van der Waals surface area contributed by atoms with Crippen LogP contribution in [0.5, 0.6) is 5.75 Å². The third kappa shape index (κ3) is 5.81. The van der Waals surface area contributed by atoms with Crippen LogP contribution in [0.1, 0.15) is 5.56 Å². The molecule has 0 atom stereocenters. The number of nitrogens with zero attached hydrogens (tertiary/aromatic N) is 4. The summed E-state index contributed by atoms with van der Waals surface area (Å²) >= 11 is 6.52.